The largest absolute Gasteiger partial charge is 0.483 e. The molecular formula is C16H23NO3. The number of hydrogen-bond donors (Lipinski definition) is 1. The second-order valence-electron chi connectivity index (χ2n) is 5.45. The predicted octanol–water partition coefficient (Wildman–Crippen LogP) is 2.44. The zero-order valence-corrected chi connectivity index (χ0v) is 12.3. The first kappa shape index (κ1) is 14.9. The van der Waals surface area contributed by atoms with Crippen molar-refractivity contribution in [2.45, 2.75) is 39.2 Å². The number of aliphatic hydroxyl groups excluding tert-OH is 1. The van der Waals surface area contributed by atoms with Crippen molar-refractivity contribution in [3.05, 3.63) is 29.3 Å². The summed E-state index contributed by atoms with van der Waals surface area (Å²) in [6.07, 6.45) is 2.76. The van der Waals surface area contributed by atoms with Gasteiger partial charge in [-0.2, -0.15) is 0 Å². The molecule has 4 nitrogen and oxygen atoms in total. The smallest absolute Gasteiger partial charge is 0.260 e. The lowest BCUT2D eigenvalue weighted by atomic mass is 10.1. The standard InChI is InChI=1S/C16H23NO3/c1-12-6-7-14(13(2)18)15(10-12)20-11-16(19)17-8-4-3-5-9-17/h6-7,10,13,18H,3-5,8-9,11H2,1-2H3. The highest BCUT2D eigenvalue weighted by molar-refractivity contribution is 5.77. The van der Waals surface area contributed by atoms with Gasteiger partial charge in [-0.1, -0.05) is 12.1 Å². The Kier molecular flexibility index (Phi) is 5.01. The highest BCUT2D eigenvalue weighted by Gasteiger charge is 2.18. The molecule has 1 heterocycles. The number of hydrogen-bond acceptors (Lipinski definition) is 3. The highest BCUT2D eigenvalue weighted by atomic mass is 16.5. The monoisotopic (exact) mass is 277 g/mol. The SMILES string of the molecule is Cc1ccc(C(C)O)c(OCC(=O)N2CCCCC2)c1. The Labute approximate surface area is 120 Å². The van der Waals surface area contributed by atoms with Crippen molar-refractivity contribution in [1.29, 1.82) is 0 Å². The van der Waals surface area contributed by atoms with Crippen LogP contribution in [-0.4, -0.2) is 35.6 Å². The molecule has 0 aromatic heterocycles. The number of amides is 1. The summed E-state index contributed by atoms with van der Waals surface area (Å²) in [5.41, 5.74) is 1.77. The highest BCUT2D eigenvalue weighted by Crippen LogP contribution is 2.26. The third-order valence-corrected chi connectivity index (χ3v) is 3.68. The molecule has 0 bridgehead atoms. The van der Waals surface area contributed by atoms with Gasteiger partial charge >= 0.3 is 0 Å². The van der Waals surface area contributed by atoms with E-state index in [1.165, 1.54) is 6.42 Å². The minimum absolute atomic E-state index is 0.0303. The molecule has 1 aromatic rings. The molecule has 1 fully saturated rings. The molecule has 4 heteroatoms. The van der Waals surface area contributed by atoms with Crippen molar-refractivity contribution in [3.8, 4) is 5.75 Å². The molecule has 1 aromatic carbocycles. The Balaban J connectivity index is 1.99. The van der Waals surface area contributed by atoms with Gasteiger partial charge in [0.2, 0.25) is 0 Å². The van der Waals surface area contributed by atoms with Gasteiger partial charge < -0.3 is 14.7 Å². The lowest BCUT2D eigenvalue weighted by molar-refractivity contribution is -0.134. The summed E-state index contributed by atoms with van der Waals surface area (Å²) in [5, 5.41) is 9.73. The van der Waals surface area contributed by atoms with E-state index in [4.69, 9.17) is 4.74 Å². The van der Waals surface area contributed by atoms with Gasteiger partial charge in [0, 0.05) is 18.7 Å². The van der Waals surface area contributed by atoms with Gasteiger partial charge in [0.25, 0.3) is 5.91 Å². The number of aryl methyl sites for hydroxylation is 1. The fourth-order valence-corrected chi connectivity index (χ4v) is 2.49. The van der Waals surface area contributed by atoms with E-state index in [9.17, 15) is 9.90 Å². The fraction of sp³-hybridized carbons (Fsp3) is 0.562. The van der Waals surface area contributed by atoms with Crippen LogP contribution in [0.15, 0.2) is 18.2 Å². The van der Waals surface area contributed by atoms with Crippen LogP contribution in [0.2, 0.25) is 0 Å². The predicted molar refractivity (Wildman–Crippen MR) is 77.7 cm³/mol. The summed E-state index contributed by atoms with van der Waals surface area (Å²) < 4.78 is 5.64. The van der Waals surface area contributed by atoms with E-state index in [0.29, 0.717) is 5.75 Å². The number of carbonyl (C=O) groups excluding carboxylic acids is 1. The molecule has 1 aliphatic heterocycles. The molecule has 1 atom stereocenters. The van der Waals surface area contributed by atoms with Crippen molar-refractivity contribution < 1.29 is 14.6 Å². The molecule has 20 heavy (non-hydrogen) atoms. The van der Waals surface area contributed by atoms with Gasteiger partial charge in [0.1, 0.15) is 5.75 Å². The maximum absolute atomic E-state index is 12.1. The maximum atomic E-state index is 12.1. The molecule has 0 radical (unpaired) electrons. The van der Waals surface area contributed by atoms with Crippen LogP contribution in [0.25, 0.3) is 0 Å². The number of likely N-dealkylation sites (tertiary alicyclic amines) is 1. The fourth-order valence-electron chi connectivity index (χ4n) is 2.49. The van der Waals surface area contributed by atoms with Crippen LogP contribution < -0.4 is 4.74 Å². The van der Waals surface area contributed by atoms with Crippen LogP contribution in [0.1, 0.15) is 43.4 Å². The molecule has 0 aliphatic carbocycles. The van der Waals surface area contributed by atoms with Crippen molar-refractivity contribution in [1.82, 2.24) is 4.90 Å². The molecule has 2 rings (SSSR count). The van der Waals surface area contributed by atoms with Gasteiger partial charge in [-0.15, -0.1) is 0 Å². The van der Waals surface area contributed by atoms with Crippen molar-refractivity contribution in [2.75, 3.05) is 19.7 Å². The van der Waals surface area contributed by atoms with Crippen LogP contribution in [-0.2, 0) is 4.79 Å². The van der Waals surface area contributed by atoms with Crippen LogP contribution in [0.5, 0.6) is 5.75 Å². The number of rotatable bonds is 4. The molecule has 110 valence electrons. The summed E-state index contributed by atoms with van der Waals surface area (Å²) in [5.74, 6) is 0.633. The van der Waals surface area contributed by atoms with Gasteiger partial charge in [0.15, 0.2) is 6.61 Å². The Hall–Kier alpha value is -1.55. The molecule has 1 aliphatic rings. The summed E-state index contributed by atoms with van der Waals surface area (Å²) >= 11 is 0. The lowest BCUT2D eigenvalue weighted by Crippen LogP contribution is -2.38. The van der Waals surface area contributed by atoms with E-state index in [1.54, 1.807) is 6.92 Å². The minimum Gasteiger partial charge on any atom is -0.483 e. The average molecular weight is 277 g/mol. The van der Waals surface area contributed by atoms with Crippen molar-refractivity contribution in [2.24, 2.45) is 0 Å². The summed E-state index contributed by atoms with van der Waals surface area (Å²) in [7, 11) is 0. The first-order valence-electron chi connectivity index (χ1n) is 7.27. The van der Waals surface area contributed by atoms with Crippen LogP contribution in [0.3, 0.4) is 0 Å². The molecular weight excluding hydrogens is 254 g/mol. The number of aliphatic hydroxyl groups is 1. The Morgan fingerprint density at radius 1 is 1.35 bits per heavy atom. The zero-order chi connectivity index (χ0) is 14.5. The van der Waals surface area contributed by atoms with Gasteiger partial charge in [-0.05, 0) is 44.7 Å². The zero-order valence-electron chi connectivity index (χ0n) is 12.3. The van der Waals surface area contributed by atoms with E-state index >= 15 is 0 Å². The number of nitrogens with zero attached hydrogens (tertiary/aromatic N) is 1. The van der Waals surface area contributed by atoms with E-state index in [0.717, 1.165) is 37.1 Å². The third kappa shape index (κ3) is 3.73. The first-order valence-corrected chi connectivity index (χ1v) is 7.27. The summed E-state index contributed by atoms with van der Waals surface area (Å²) in [6.45, 7) is 5.37. The maximum Gasteiger partial charge on any atom is 0.260 e. The molecule has 0 saturated carbocycles. The topological polar surface area (TPSA) is 49.8 Å². The molecule has 1 N–H and O–H groups in total. The Bertz CT molecular complexity index is 465. The molecule has 1 saturated heterocycles. The van der Waals surface area contributed by atoms with Gasteiger partial charge in [-0.25, -0.2) is 0 Å². The molecule has 1 amide bonds. The van der Waals surface area contributed by atoms with Crippen LogP contribution >= 0.6 is 0 Å². The summed E-state index contributed by atoms with van der Waals surface area (Å²) in [6, 6.07) is 5.65. The van der Waals surface area contributed by atoms with Gasteiger partial charge in [-0.3, -0.25) is 4.79 Å². The normalized spacial score (nSPS) is 16.9. The number of piperidine rings is 1. The van der Waals surface area contributed by atoms with E-state index < -0.39 is 6.10 Å². The van der Waals surface area contributed by atoms with E-state index in [-0.39, 0.29) is 12.5 Å². The molecule has 0 spiro atoms. The second-order valence-corrected chi connectivity index (χ2v) is 5.45. The lowest BCUT2D eigenvalue weighted by Gasteiger charge is -2.26. The van der Waals surface area contributed by atoms with Crippen molar-refractivity contribution in [3.63, 3.8) is 0 Å². The minimum atomic E-state index is -0.601. The summed E-state index contributed by atoms with van der Waals surface area (Å²) in [4.78, 5) is 13.9. The molecule has 1 unspecified atom stereocenters. The average Bonchev–Trinajstić information content (AvgIpc) is 2.45. The quantitative estimate of drug-likeness (QED) is 0.919. The van der Waals surface area contributed by atoms with E-state index in [2.05, 4.69) is 0 Å². The van der Waals surface area contributed by atoms with E-state index in [1.807, 2.05) is 30.0 Å². The van der Waals surface area contributed by atoms with Crippen molar-refractivity contribution >= 4 is 5.91 Å². The Morgan fingerprint density at radius 3 is 2.70 bits per heavy atom. The number of ether oxygens (including phenoxy) is 1. The third-order valence-electron chi connectivity index (χ3n) is 3.68. The first-order chi connectivity index (χ1) is 9.58. The van der Waals surface area contributed by atoms with Crippen LogP contribution in [0, 0.1) is 6.92 Å². The number of carbonyl (C=O) groups is 1. The van der Waals surface area contributed by atoms with Crippen LogP contribution in [0.4, 0.5) is 0 Å². The second kappa shape index (κ2) is 6.75. The number of benzene rings is 1. The Morgan fingerprint density at radius 2 is 2.05 bits per heavy atom. The van der Waals surface area contributed by atoms with Gasteiger partial charge in [0.05, 0.1) is 6.10 Å².